The van der Waals surface area contributed by atoms with E-state index < -0.39 is 0 Å². The van der Waals surface area contributed by atoms with Crippen LogP contribution in [0.2, 0.25) is 0 Å². The quantitative estimate of drug-likeness (QED) is 0.911. The van der Waals surface area contributed by atoms with E-state index in [1.807, 2.05) is 23.9 Å². The highest BCUT2D eigenvalue weighted by Crippen LogP contribution is 2.32. The summed E-state index contributed by atoms with van der Waals surface area (Å²) in [6.45, 7) is 9.15. The van der Waals surface area contributed by atoms with Gasteiger partial charge in [-0.05, 0) is 25.1 Å². The molecular weight excluding hydrogens is 259 g/mol. The average molecular weight is 282 g/mol. The highest BCUT2D eigenvalue weighted by atomic mass is 32.2. The zero-order chi connectivity index (χ0) is 13.8. The van der Waals surface area contributed by atoms with Crippen molar-refractivity contribution in [3.05, 3.63) is 29.6 Å². The van der Waals surface area contributed by atoms with Gasteiger partial charge in [-0.3, -0.25) is 0 Å². The standard InChI is InChI=1S/C15H23FN2S/c1-4-17-12(3)13-6-5-7-14(16)15(13)18-8-9-19-11(2)10-18/h5-7,11-12,17H,4,8-10H2,1-3H3. The Hall–Kier alpha value is -0.740. The molecule has 1 aliphatic rings. The second-order valence-corrected chi connectivity index (χ2v) is 6.63. The lowest BCUT2D eigenvalue weighted by Gasteiger charge is -2.35. The Morgan fingerprint density at radius 2 is 2.32 bits per heavy atom. The fourth-order valence-electron chi connectivity index (χ4n) is 2.65. The maximum Gasteiger partial charge on any atom is 0.146 e. The van der Waals surface area contributed by atoms with Crippen LogP contribution < -0.4 is 10.2 Å². The third-order valence-corrected chi connectivity index (χ3v) is 4.69. The van der Waals surface area contributed by atoms with E-state index in [4.69, 9.17) is 0 Å². The molecule has 0 aromatic heterocycles. The van der Waals surface area contributed by atoms with Gasteiger partial charge in [0.15, 0.2) is 0 Å². The molecule has 1 aromatic rings. The number of thioether (sulfide) groups is 1. The molecule has 1 fully saturated rings. The largest absolute Gasteiger partial charge is 0.367 e. The Morgan fingerprint density at radius 3 is 3.00 bits per heavy atom. The summed E-state index contributed by atoms with van der Waals surface area (Å²) in [5.74, 6) is 0.978. The number of benzene rings is 1. The lowest BCUT2D eigenvalue weighted by Crippen LogP contribution is -2.38. The van der Waals surface area contributed by atoms with Crippen LogP contribution in [0.1, 0.15) is 32.4 Å². The number of para-hydroxylation sites is 1. The van der Waals surface area contributed by atoms with Crippen molar-refractivity contribution < 1.29 is 4.39 Å². The number of rotatable bonds is 4. The Kier molecular flexibility index (Phi) is 5.11. The molecule has 0 saturated carbocycles. The maximum absolute atomic E-state index is 14.3. The summed E-state index contributed by atoms with van der Waals surface area (Å²) in [6, 6.07) is 5.60. The smallest absolute Gasteiger partial charge is 0.146 e. The Morgan fingerprint density at radius 1 is 1.53 bits per heavy atom. The number of nitrogens with zero attached hydrogens (tertiary/aromatic N) is 1. The molecule has 19 heavy (non-hydrogen) atoms. The van der Waals surface area contributed by atoms with E-state index in [1.54, 1.807) is 6.07 Å². The average Bonchev–Trinajstić information content (AvgIpc) is 2.38. The van der Waals surface area contributed by atoms with E-state index in [-0.39, 0.29) is 11.9 Å². The molecule has 0 amide bonds. The van der Waals surface area contributed by atoms with Gasteiger partial charge in [-0.2, -0.15) is 11.8 Å². The molecule has 0 spiro atoms. The number of nitrogens with one attached hydrogen (secondary N) is 1. The first-order chi connectivity index (χ1) is 9.13. The first-order valence-electron chi connectivity index (χ1n) is 7.01. The monoisotopic (exact) mass is 282 g/mol. The molecule has 2 nitrogen and oxygen atoms in total. The van der Waals surface area contributed by atoms with E-state index in [0.29, 0.717) is 5.25 Å². The SMILES string of the molecule is CCNC(C)c1cccc(F)c1N1CCSC(C)C1. The molecule has 2 atom stereocenters. The van der Waals surface area contributed by atoms with E-state index in [9.17, 15) is 4.39 Å². The summed E-state index contributed by atoms with van der Waals surface area (Å²) >= 11 is 1.97. The van der Waals surface area contributed by atoms with Gasteiger partial charge < -0.3 is 10.2 Å². The van der Waals surface area contributed by atoms with Gasteiger partial charge in [-0.15, -0.1) is 0 Å². The predicted molar refractivity (Wildman–Crippen MR) is 82.6 cm³/mol. The van der Waals surface area contributed by atoms with Gasteiger partial charge in [0.25, 0.3) is 0 Å². The highest BCUT2D eigenvalue weighted by Gasteiger charge is 2.23. The van der Waals surface area contributed by atoms with Gasteiger partial charge >= 0.3 is 0 Å². The van der Waals surface area contributed by atoms with Crippen LogP contribution in [-0.4, -0.2) is 30.6 Å². The zero-order valence-corrected chi connectivity index (χ0v) is 12.8. The zero-order valence-electron chi connectivity index (χ0n) is 11.9. The van der Waals surface area contributed by atoms with Crippen LogP contribution in [0.15, 0.2) is 18.2 Å². The van der Waals surface area contributed by atoms with Crippen LogP contribution in [0.25, 0.3) is 0 Å². The lowest BCUT2D eigenvalue weighted by molar-refractivity contribution is 0.575. The Labute approximate surface area is 119 Å². The van der Waals surface area contributed by atoms with Crippen molar-refractivity contribution in [2.45, 2.75) is 32.1 Å². The number of halogens is 1. The fourth-order valence-corrected chi connectivity index (χ4v) is 3.67. The molecule has 1 saturated heterocycles. The van der Waals surface area contributed by atoms with Crippen LogP contribution in [-0.2, 0) is 0 Å². The minimum Gasteiger partial charge on any atom is -0.367 e. The van der Waals surface area contributed by atoms with Crippen LogP contribution in [0, 0.1) is 5.82 Å². The first kappa shape index (κ1) is 14.7. The molecule has 1 heterocycles. The summed E-state index contributed by atoms with van der Waals surface area (Å²) in [4.78, 5) is 2.21. The van der Waals surface area contributed by atoms with E-state index >= 15 is 0 Å². The van der Waals surface area contributed by atoms with Crippen LogP contribution in [0.4, 0.5) is 10.1 Å². The minimum absolute atomic E-state index is 0.0960. The highest BCUT2D eigenvalue weighted by molar-refractivity contribution is 8.00. The van der Waals surface area contributed by atoms with Crippen molar-refractivity contribution in [1.82, 2.24) is 5.32 Å². The summed E-state index contributed by atoms with van der Waals surface area (Å²) in [6.07, 6.45) is 0. The topological polar surface area (TPSA) is 15.3 Å². The van der Waals surface area contributed by atoms with Gasteiger partial charge in [-0.25, -0.2) is 4.39 Å². The van der Waals surface area contributed by atoms with Crippen molar-refractivity contribution in [1.29, 1.82) is 0 Å². The number of hydrogen-bond acceptors (Lipinski definition) is 3. The van der Waals surface area contributed by atoms with Gasteiger partial charge in [0, 0.05) is 30.1 Å². The van der Waals surface area contributed by atoms with Gasteiger partial charge in [0.2, 0.25) is 0 Å². The van der Waals surface area contributed by atoms with Crippen molar-refractivity contribution in [3.8, 4) is 0 Å². The minimum atomic E-state index is -0.0960. The summed E-state index contributed by atoms with van der Waals surface area (Å²) in [7, 11) is 0. The molecule has 1 aromatic carbocycles. The van der Waals surface area contributed by atoms with Gasteiger partial charge in [0.05, 0.1) is 5.69 Å². The molecule has 1 N–H and O–H groups in total. The Balaban J connectivity index is 2.31. The second kappa shape index (κ2) is 6.62. The number of anilines is 1. The summed E-state index contributed by atoms with van der Waals surface area (Å²) in [5.41, 5.74) is 1.86. The fraction of sp³-hybridized carbons (Fsp3) is 0.600. The second-order valence-electron chi connectivity index (χ2n) is 5.08. The predicted octanol–water partition coefficient (Wildman–Crippen LogP) is 3.44. The summed E-state index contributed by atoms with van der Waals surface area (Å²) in [5, 5.41) is 3.95. The molecule has 4 heteroatoms. The Bertz CT molecular complexity index is 425. The van der Waals surface area contributed by atoms with Crippen molar-refractivity contribution in [3.63, 3.8) is 0 Å². The maximum atomic E-state index is 14.3. The van der Waals surface area contributed by atoms with Crippen LogP contribution in [0.3, 0.4) is 0 Å². The molecular formula is C15H23FN2S. The van der Waals surface area contributed by atoms with E-state index in [0.717, 1.165) is 36.6 Å². The van der Waals surface area contributed by atoms with Crippen LogP contribution in [0.5, 0.6) is 0 Å². The van der Waals surface area contributed by atoms with Crippen LogP contribution >= 0.6 is 11.8 Å². The van der Waals surface area contributed by atoms with E-state index in [1.165, 1.54) is 0 Å². The third-order valence-electron chi connectivity index (χ3n) is 3.55. The van der Waals surface area contributed by atoms with Crippen molar-refractivity contribution >= 4 is 17.4 Å². The first-order valence-corrected chi connectivity index (χ1v) is 8.06. The normalized spacial score (nSPS) is 21.5. The number of hydrogen-bond donors (Lipinski definition) is 1. The lowest BCUT2D eigenvalue weighted by atomic mass is 10.0. The molecule has 106 valence electrons. The molecule has 0 bridgehead atoms. The summed E-state index contributed by atoms with van der Waals surface area (Å²) < 4.78 is 14.3. The third kappa shape index (κ3) is 3.42. The van der Waals surface area contributed by atoms with Crippen molar-refractivity contribution in [2.24, 2.45) is 0 Å². The molecule has 1 aliphatic heterocycles. The van der Waals surface area contributed by atoms with Gasteiger partial charge in [0.1, 0.15) is 5.82 Å². The molecule has 2 unspecified atom stereocenters. The molecule has 0 aliphatic carbocycles. The van der Waals surface area contributed by atoms with E-state index in [2.05, 4.69) is 31.0 Å². The van der Waals surface area contributed by atoms with Crippen molar-refractivity contribution in [2.75, 3.05) is 30.3 Å². The molecule has 0 radical (unpaired) electrons. The molecule has 2 rings (SSSR count). The van der Waals surface area contributed by atoms with Gasteiger partial charge in [-0.1, -0.05) is 26.0 Å².